The molecule has 0 spiro atoms. The standard InChI is InChI=1S/C17H17F2NO2/c1-11-2-5-14(19)9-16(11)17(22)20-15(10-21)8-12-3-6-13(18)7-4-12/h2-7,9,15,21H,8,10H2,1H3,(H,20,22)/t15-/m1/s1. The second-order valence-electron chi connectivity index (χ2n) is 5.14. The molecule has 0 aliphatic heterocycles. The lowest BCUT2D eigenvalue weighted by atomic mass is 10.0. The molecule has 0 heterocycles. The number of aryl methyl sites for hydroxylation is 1. The minimum atomic E-state index is -0.527. The molecule has 116 valence electrons. The van der Waals surface area contributed by atoms with E-state index in [0.29, 0.717) is 12.0 Å². The van der Waals surface area contributed by atoms with Gasteiger partial charge in [0.05, 0.1) is 12.6 Å². The smallest absolute Gasteiger partial charge is 0.251 e. The van der Waals surface area contributed by atoms with Gasteiger partial charge in [-0.05, 0) is 48.7 Å². The van der Waals surface area contributed by atoms with Crippen molar-refractivity contribution in [1.29, 1.82) is 0 Å². The van der Waals surface area contributed by atoms with Crippen LogP contribution in [0.3, 0.4) is 0 Å². The Balaban J connectivity index is 2.07. The second kappa shape index (κ2) is 7.13. The van der Waals surface area contributed by atoms with Crippen LogP contribution in [-0.4, -0.2) is 23.7 Å². The molecule has 0 saturated heterocycles. The highest BCUT2D eigenvalue weighted by Crippen LogP contribution is 2.11. The molecule has 0 fully saturated rings. The molecule has 0 bridgehead atoms. The van der Waals surface area contributed by atoms with Crippen LogP contribution in [0, 0.1) is 18.6 Å². The van der Waals surface area contributed by atoms with E-state index < -0.39 is 17.8 Å². The largest absolute Gasteiger partial charge is 0.394 e. The zero-order valence-corrected chi connectivity index (χ0v) is 12.1. The number of nitrogens with one attached hydrogen (secondary N) is 1. The van der Waals surface area contributed by atoms with Crippen LogP contribution in [0.4, 0.5) is 8.78 Å². The van der Waals surface area contributed by atoms with Gasteiger partial charge in [-0.3, -0.25) is 4.79 Å². The lowest BCUT2D eigenvalue weighted by Gasteiger charge is -2.17. The van der Waals surface area contributed by atoms with Gasteiger partial charge in [0.25, 0.3) is 5.91 Å². The summed E-state index contributed by atoms with van der Waals surface area (Å²) in [6, 6.07) is 9.28. The minimum Gasteiger partial charge on any atom is -0.394 e. The van der Waals surface area contributed by atoms with Gasteiger partial charge in [0, 0.05) is 5.56 Å². The van der Waals surface area contributed by atoms with Crippen molar-refractivity contribution in [3.8, 4) is 0 Å². The number of carbonyl (C=O) groups excluding carboxylic acids is 1. The molecular weight excluding hydrogens is 288 g/mol. The van der Waals surface area contributed by atoms with Crippen molar-refractivity contribution in [2.24, 2.45) is 0 Å². The highest BCUT2D eigenvalue weighted by atomic mass is 19.1. The van der Waals surface area contributed by atoms with Crippen molar-refractivity contribution in [2.45, 2.75) is 19.4 Å². The van der Waals surface area contributed by atoms with E-state index in [-0.39, 0.29) is 18.0 Å². The Morgan fingerprint density at radius 2 is 1.77 bits per heavy atom. The molecule has 0 aromatic heterocycles. The van der Waals surface area contributed by atoms with Gasteiger partial charge in [0.15, 0.2) is 0 Å². The molecule has 2 N–H and O–H groups in total. The summed E-state index contributed by atoms with van der Waals surface area (Å²) in [4.78, 5) is 12.2. The van der Waals surface area contributed by atoms with Gasteiger partial charge in [-0.2, -0.15) is 0 Å². The first-order chi connectivity index (χ1) is 10.5. The molecule has 1 amide bonds. The van der Waals surface area contributed by atoms with Crippen molar-refractivity contribution in [1.82, 2.24) is 5.32 Å². The van der Waals surface area contributed by atoms with Crippen LogP contribution in [0.2, 0.25) is 0 Å². The molecular formula is C17H17F2NO2. The number of hydrogen-bond donors (Lipinski definition) is 2. The zero-order valence-electron chi connectivity index (χ0n) is 12.1. The van der Waals surface area contributed by atoms with Crippen molar-refractivity contribution in [3.63, 3.8) is 0 Å². The maximum atomic E-state index is 13.2. The second-order valence-corrected chi connectivity index (χ2v) is 5.14. The van der Waals surface area contributed by atoms with Gasteiger partial charge < -0.3 is 10.4 Å². The maximum absolute atomic E-state index is 13.2. The predicted octanol–water partition coefficient (Wildman–Crippen LogP) is 2.61. The summed E-state index contributed by atoms with van der Waals surface area (Å²) in [5.41, 5.74) is 1.67. The first-order valence-corrected chi connectivity index (χ1v) is 6.92. The topological polar surface area (TPSA) is 49.3 Å². The average molecular weight is 305 g/mol. The van der Waals surface area contributed by atoms with Gasteiger partial charge in [-0.15, -0.1) is 0 Å². The van der Waals surface area contributed by atoms with E-state index in [1.165, 1.54) is 24.3 Å². The molecule has 1 atom stereocenters. The average Bonchev–Trinajstić information content (AvgIpc) is 2.51. The van der Waals surface area contributed by atoms with Crippen molar-refractivity contribution >= 4 is 5.91 Å². The minimum absolute atomic E-state index is 0.234. The summed E-state index contributed by atoms with van der Waals surface area (Å²) in [5, 5.41) is 12.1. The van der Waals surface area contributed by atoms with Crippen LogP contribution >= 0.6 is 0 Å². The Kier molecular flexibility index (Phi) is 5.22. The van der Waals surface area contributed by atoms with Gasteiger partial charge in [0.2, 0.25) is 0 Å². The van der Waals surface area contributed by atoms with E-state index in [0.717, 1.165) is 11.6 Å². The summed E-state index contributed by atoms with van der Waals surface area (Å²) < 4.78 is 26.1. The summed E-state index contributed by atoms with van der Waals surface area (Å²) in [6.45, 7) is 1.44. The van der Waals surface area contributed by atoms with Crippen molar-refractivity contribution in [2.75, 3.05) is 6.61 Å². The Hall–Kier alpha value is -2.27. The fourth-order valence-electron chi connectivity index (χ4n) is 2.17. The highest BCUT2D eigenvalue weighted by Gasteiger charge is 2.16. The van der Waals surface area contributed by atoms with Crippen LogP contribution in [0.1, 0.15) is 21.5 Å². The third-order valence-corrected chi connectivity index (χ3v) is 3.40. The molecule has 0 aliphatic carbocycles. The number of aliphatic hydroxyl groups is 1. The Labute approximate surface area is 127 Å². The van der Waals surface area contributed by atoms with Crippen molar-refractivity contribution in [3.05, 3.63) is 70.8 Å². The predicted molar refractivity (Wildman–Crippen MR) is 79.6 cm³/mol. The highest BCUT2D eigenvalue weighted by molar-refractivity contribution is 5.95. The van der Waals surface area contributed by atoms with Crippen LogP contribution < -0.4 is 5.32 Å². The molecule has 5 heteroatoms. The lowest BCUT2D eigenvalue weighted by Crippen LogP contribution is -2.39. The van der Waals surface area contributed by atoms with E-state index in [4.69, 9.17) is 0 Å². The third-order valence-electron chi connectivity index (χ3n) is 3.40. The molecule has 3 nitrogen and oxygen atoms in total. The molecule has 0 aliphatic rings. The normalized spacial score (nSPS) is 12.0. The zero-order chi connectivity index (χ0) is 16.1. The number of hydrogen-bond acceptors (Lipinski definition) is 2. The quantitative estimate of drug-likeness (QED) is 0.892. The summed E-state index contributed by atoms with van der Waals surface area (Å²) in [5.74, 6) is -1.28. The van der Waals surface area contributed by atoms with E-state index in [1.807, 2.05) is 0 Å². The molecule has 2 aromatic rings. The number of benzene rings is 2. The van der Waals surface area contributed by atoms with E-state index >= 15 is 0 Å². The number of aliphatic hydroxyl groups excluding tert-OH is 1. The molecule has 0 saturated carbocycles. The summed E-state index contributed by atoms with van der Waals surface area (Å²) >= 11 is 0. The number of rotatable bonds is 5. The molecule has 0 unspecified atom stereocenters. The Morgan fingerprint density at radius 1 is 1.14 bits per heavy atom. The fourth-order valence-corrected chi connectivity index (χ4v) is 2.17. The number of carbonyl (C=O) groups is 1. The Morgan fingerprint density at radius 3 is 2.41 bits per heavy atom. The van der Waals surface area contributed by atoms with Crippen LogP contribution in [0.15, 0.2) is 42.5 Å². The molecule has 0 radical (unpaired) electrons. The van der Waals surface area contributed by atoms with E-state index in [9.17, 15) is 18.7 Å². The van der Waals surface area contributed by atoms with Crippen LogP contribution in [-0.2, 0) is 6.42 Å². The van der Waals surface area contributed by atoms with Gasteiger partial charge in [0.1, 0.15) is 11.6 Å². The molecule has 2 aromatic carbocycles. The van der Waals surface area contributed by atoms with Gasteiger partial charge >= 0.3 is 0 Å². The number of halogens is 2. The van der Waals surface area contributed by atoms with Crippen molar-refractivity contribution < 1.29 is 18.7 Å². The first-order valence-electron chi connectivity index (χ1n) is 6.92. The van der Waals surface area contributed by atoms with Crippen LogP contribution in [0.25, 0.3) is 0 Å². The van der Waals surface area contributed by atoms with Gasteiger partial charge in [-0.25, -0.2) is 8.78 Å². The first kappa shape index (κ1) is 16.1. The number of amides is 1. The van der Waals surface area contributed by atoms with E-state index in [1.54, 1.807) is 19.1 Å². The SMILES string of the molecule is Cc1ccc(F)cc1C(=O)N[C@@H](CO)Cc1ccc(F)cc1. The summed E-state index contributed by atoms with van der Waals surface area (Å²) in [7, 11) is 0. The lowest BCUT2D eigenvalue weighted by molar-refractivity contribution is 0.0915. The summed E-state index contributed by atoms with van der Waals surface area (Å²) in [6.07, 6.45) is 0.358. The molecule has 2 rings (SSSR count). The fraction of sp³-hybridized carbons (Fsp3) is 0.235. The molecule has 22 heavy (non-hydrogen) atoms. The maximum Gasteiger partial charge on any atom is 0.251 e. The monoisotopic (exact) mass is 305 g/mol. The van der Waals surface area contributed by atoms with Crippen LogP contribution in [0.5, 0.6) is 0 Å². The third kappa shape index (κ3) is 4.11. The van der Waals surface area contributed by atoms with Gasteiger partial charge in [-0.1, -0.05) is 18.2 Å². The van der Waals surface area contributed by atoms with E-state index in [2.05, 4.69) is 5.32 Å². The Bertz CT molecular complexity index is 656.